The van der Waals surface area contributed by atoms with Crippen molar-refractivity contribution in [1.82, 2.24) is 0 Å². The fourth-order valence-corrected chi connectivity index (χ4v) is 1.73. The van der Waals surface area contributed by atoms with Gasteiger partial charge in [-0.15, -0.1) is 4.91 Å². The predicted molar refractivity (Wildman–Crippen MR) is 69.1 cm³/mol. The molecule has 0 aliphatic carbocycles. The van der Waals surface area contributed by atoms with E-state index in [1.807, 2.05) is 0 Å². The topological polar surface area (TPSA) is 82.0 Å². The number of carbonyl (C=O) groups excluding carboxylic acids is 2. The number of ketones is 1. The minimum absolute atomic E-state index is 0.0859. The Morgan fingerprint density at radius 1 is 1.18 bits per heavy atom. The lowest BCUT2D eigenvalue weighted by Crippen LogP contribution is -2.16. The quantitative estimate of drug-likeness (QED) is 0.457. The third-order valence-electron chi connectivity index (χ3n) is 2.78. The molecule has 0 saturated carbocycles. The Balaban J connectivity index is 3.52. The number of Topliss-reactive ketones (excluding diaryl/α,β-unsaturated/α-hetero) is 1. The summed E-state index contributed by atoms with van der Waals surface area (Å²) in [6.45, 7) is -0.0859. The third kappa shape index (κ3) is 3.88. The Kier molecular flexibility index (Phi) is 5.75. The summed E-state index contributed by atoms with van der Waals surface area (Å²) in [7, 11) is 2.28. The molecule has 0 aliphatic heterocycles. The second kappa shape index (κ2) is 7.12. The molecule has 0 bridgehead atoms. The van der Waals surface area contributed by atoms with E-state index in [2.05, 4.69) is 14.7 Å². The smallest absolute Gasteiger partial charge is 0.417 e. The van der Waals surface area contributed by atoms with Crippen molar-refractivity contribution in [2.45, 2.75) is 12.6 Å². The van der Waals surface area contributed by atoms with Crippen LogP contribution < -0.4 is 0 Å². The van der Waals surface area contributed by atoms with Crippen molar-refractivity contribution in [1.29, 1.82) is 0 Å². The fraction of sp³-hybridized carbons (Fsp3) is 0.385. The minimum atomic E-state index is -4.88. The largest absolute Gasteiger partial charge is 0.465 e. The number of rotatable bonds is 6. The number of ether oxygens (including phenoxy) is 2. The normalized spacial score (nSPS) is 11.1. The van der Waals surface area contributed by atoms with Crippen molar-refractivity contribution in [3.63, 3.8) is 0 Å². The summed E-state index contributed by atoms with van der Waals surface area (Å²) >= 11 is 0. The van der Waals surface area contributed by atoms with Crippen LogP contribution in [0.4, 0.5) is 18.9 Å². The molecule has 1 aromatic rings. The van der Waals surface area contributed by atoms with Gasteiger partial charge in [0.15, 0.2) is 5.78 Å². The van der Waals surface area contributed by atoms with E-state index in [0.717, 1.165) is 7.11 Å². The van der Waals surface area contributed by atoms with Crippen LogP contribution in [-0.4, -0.2) is 32.6 Å². The molecule has 0 unspecified atom stereocenters. The van der Waals surface area contributed by atoms with E-state index in [1.165, 1.54) is 7.11 Å². The van der Waals surface area contributed by atoms with E-state index >= 15 is 0 Å². The van der Waals surface area contributed by atoms with Gasteiger partial charge in [-0.1, -0.05) is 0 Å². The van der Waals surface area contributed by atoms with Crippen molar-refractivity contribution < 1.29 is 32.2 Å². The summed E-state index contributed by atoms with van der Waals surface area (Å²) in [6.07, 6.45) is -5.19. The SMILES string of the molecule is COCCC(=O)c1cc(C(=O)OC)c(N=O)cc1C(F)(F)F. The van der Waals surface area contributed by atoms with Crippen LogP contribution in [0.2, 0.25) is 0 Å². The molecule has 0 atom stereocenters. The lowest BCUT2D eigenvalue weighted by atomic mass is 9.97. The monoisotopic (exact) mass is 319 g/mol. The number of halogens is 3. The molecule has 0 amide bonds. The van der Waals surface area contributed by atoms with Gasteiger partial charge in [0.1, 0.15) is 5.69 Å². The zero-order chi connectivity index (χ0) is 16.9. The Morgan fingerprint density at radius 3 is 2.27 bits per heavy atom. The van der Waals surface area contributed by atoms with Crippen LogP contribution in [0.5, 0.6) is 0 Å². The maximum absolute atomic E-state index is 13.0. The van der Waals surface area contributed by atoms with E-state index in [1.54, 1.807) is 0 Å². The number of alkyl halides is 3. The summed E-state index contributed by atoms with van der Waals surface area (Å²) in [4.78, 5) is 34.0. The van der Waals surface area contributed by atoms with Crippen LogP contribution in [0.1, 0.15) is 32.7 Å². The molecule has 1 aromatic carbocycles. The van der Waals surface area contributed by atoms with Crippen LogP contribution in [0.3, 0.4) is 0 Å². The summed E-state index contributed by atoms with van der Waals surface area (Å²) in [5.74, 6) is -1.94. The molecule has 0 radical (unpaired) electrons. The van der Waals surface area contributed by atoms with Gasteiger partial charge in [-0.2, -0.15) is 13.2 Å². The Hall–Kier alpha value is -2.29. The second-order valence-electron chi connectivity index (χ2n) is 4.16. The van der Waals surface area contributed by atoms with E-state index in [0.29, 0.717) is 12.1 Å². The molecule has 0 aromatic heterocycles. The maximum atomic E-state index is 13.0. The number of benzene rings is 1. The standard InChI is InChI=1S/C13H12F3NO5/c1-21-4-3-11(18)7-5-8(12(19)22-2)10(17-20)6-9(7)13(14,15)16/h5-6H,3-4H2,1-2H3. The van der Waals surface area contributed by atoms with Gasteiger partial charge in [0.05, 0.1) is 24.8 Å². The highest BCUT2D eigenvalue weighted by molar-refractivity contribution is 6.03. The highest BCUT2D eigenvalue weighted by atomic mass is 19.4. The van der Waals surface area contributed by atoms with E-state index < -0.39 is 40.3 Å². The first-order valence-electron chi connectivity index (χ1n) is 5.95. The molecular weight excluding hydrogens is 307 g/mol. The van der Waals surface area contributed by atoms with Crippen molar-refractivity contribution in [2.75, 3.05) is 20.8 Å². The molecule has 0 heterocycles. The molecule has 120 valence electrons. The molecule has 1 rings (SSSR count). The van der Waals surface area contributed by atoms with Crippen molar-refractivity contribution in [2.24, 2.45) is 5.18 Å². The van der Waals surface area contributed by atoms with Gasteiger partial charge in [-0.25, -0.2) is 4.79 Å². The summed E-state index contributed by atoms with van der Waals surface area (Å²) in [5.41, 5.74) is -3.33. The van der Waals surface area contributed by atoms with Gasteiger partial charge in [0.2, 0.25) is 0 Å². The van der Waals surface area contributed by atoms with E-state index in [4.69, 9.17) is 0 Å². The summed E-state index contributed by atoms with van der Waals surface area (Å²) < 4.78 is 48.1. The Morgan fingerprint density at radius 2 is 1.82 bits per heavy atom. The van der Waals surface area contributed by atoms with Crippen LogP contribution in [-0.2, 0) is 15.7 Å². The van der Waals surface area contributed by atoms with Crippen LogP contribution >= 0.6 is 0 Å². The third-order valence-corrected chi connectivity index (χ3v) is 2.78. The fourth-order valence-electron chi connectivity index (χ4n) is 1.73. The van der Waals surface area contributed by atoms with Crippen LogP contribution in [0, 0.1) is 4.91 Å². The number of esters is 1. The van der Waals surface area contributed by atoms with Gasteiger partial charge >= 0.3 is 12.1 Å². The molecule has 0 saturated heterocycles. The predicted octanol–water partition coefficient (Wildman–Crippen LogP) is 3.11. The lowest BCUT2D eigenvalue weighted by molar-refractivity contribution is -0.137. The Bertz CT molecular complexity index is 598. The number of methoxy groups -OCH3 is 2. The van der Waals surface area contributed by atoms with E-state index in [-0.39, 0.29) is 13.0 Å². The molecule has 22 heavy (non-hydrogen) atoms. The number of nitroso groups, excluding NO2 is 1. The number of nitrogens with zero attached hydrogens (tertiary/aromatic N) is 1. The first-order valence-corrected chi connectivity index (χ1v) is 5.95. The minimum Gasteiger partial charge on any atom is -0.465 e. The second-order valence-corrected chi connectivity index (χ2v) is 4.16. The average Bonchev–Trinajstić information content (AvgIpc) is 2.49. The number of hydrogen-bond donors (Lipinski definition) is 0. The van der Waals surface area contributed by atoms with Gasteiger partial charge in [-0.3, -0.25) is 4.79 Å². The van der Waals surface area contributed by atoms with Crippen molar-refractivity contribution in [3.05, 3.63) is 33.7 Å². The lowest BCUT2D eigenvalue weighted by Gasteiger charge is -2.14. The zero-order valence-corrected chi connectivity index (χ0v) is 11.7. The van der Waals surface area contributed by atoms with Gasteiger partial charge in [0, 0.05) is 19.1 Å². The molecule has 0 aliphatic rings. The van der Waals surface area contributed by atoms with Crippen LogP contribution in [0.25, 0.3) is 0 Å². The van der Waals surface area contributed by atoms with Gasteiger partial charge in [-0.05, 0) is 17.3 Å². The zero-order valence-electron chi connectivity index (χ0n) is 11.7. The first-order chi connectivity index (χ1) is 10.3. The number of hydrogen-bond acceptors (Lipinski definition) is 6. The highest BCUT2D eigenvalue weighted by Crippen LogP contribution is 2.37. The molecule has 9 heteroatoms. The van der Waals surface area contributed by atoms with E-state index in [9.17, 15) is 27.7 Å². The number of carbonyl (C=O) groups is 2. The summed E-state index contributed by atoms with van der Waals surface area (Å²) in [6, 6.07) is 1.03. The molecule has 6 nitrogen and oxygen atoms in total. The summed E-state index contributed by atoms with van der Waals surface area (Å²) in [5, 5.41) is 2.39. The average molecular weight is 319 g/mol. The van der Waals surface area contributed by atoms with Crippen LogP contribution in [0.15, 0.2) is 17.3 Å². The first kappa shape index (κ1) is 17.8. The molecule has 0 N–H and O–H groups in total. The highest BCUT2D eigenvalue weighted by Gasteiger charge is 2.37. The molecular formula is C13H12F3NO5. The Labute approximate surface area is 123 Å². The van der Waals surface area contributed by atoms with Gasteiger partial charge in [0.25, 0.3) is 0 Å². The van der Waals surface area contributed by atoms with Gasteiger partial charge < -0.3 is 9.47 Å². The molecule has 0 spiro atoms. The van der Waals surface area contributed by atoms with Crippen molar-refractivity contribution >= 4 is 17.4 Å². The van der Waals surface area contributed by atoms with Crippen molar-refractivity contribution in [3.8, 4) is 0 Å². The molecule has 0 fully saturated rings. The maximum Gasteiger partial charge on any atom is 0.417 e.